The van der Waals surface area contributed by atoms with Gasteiger partial charge in [0.05, 0.1) is 5.69 Å². The van der Waals surface area contributed by atoms with Crippen LogP contribution in [0.5, 0.6) is 11.5 Å². The summed E-state index contributed by atoms with van der Waals surface area (Å²) in [6.07, 6.45) is -4.72. The normalized spacial score (nSPS) is 19.5. The fourth-order valence-electron chi connectivity index (χ4n) is 5.40. The minimum atomic E-state index is -5.08. The van der Waals surface area contributed by atoms with Crippen LogP contribution in [0.1, 0.15) is 30.0 Å². The van der Waals surface area contributed by atoms with Gasteiger partial charge in [0, 0.05) is 37.1 Å². The van der Waals surface area contributed by atoms with Crippen LogP contribution in [-0.2, 0) is 16.0 Å². The SMILES string of the molecule is O=C(OC1CC(c2cc(-c3ccc4c(c3)OCCO4)on2)CCN1CCc1cccc2ccccc12)C(F)(F)F. The second kappa shape index (κ2) is 10.8. The molecule has 7 nitrogen and oxygen atoms in total. The predicted molar refractivity (Wildman–Crippen MR) is 140 cm³/mol. The molecule has 1 fully saturated rings. The van der Waals surface area contributed by atoms with Crippen molar-refractivity contribution in [3.8, 4) is 22.8 Å². The van der Waals surface area contributed by atoms with Gasteiger partial charge in [-0.25, -0.2) is 4.79 Å². The average Bonchev–Trinajstić information content (AvgIpc) is 3.46. The fourth-order valence-corrected chi connectivity index (χ4v) is 5.40. The van der Waals surface area contributed by atoms with Crippen LogP contribution in [-0.4, -0.2) is 54.7 Å². The quantitative estimate of drug-likeness (QED) is 0.267. The van der Waals surface area contributed by atoms with Gasteiger partial charge in [-0.15, -0.1) is 0 Å². The first-order valence-corrected chi connectivity index (χ1v) is 13.2. The van der Waals surface area contributed by atoms with Crippen LogP contribution < -0.4 is 9.47 Å². The molecule has 208 valence electrons. The molecule has 10 heteroatoms. The summed E-state index contributed by atoms with van der Waals surface area (Å²) >= 11 is 0. The number of nitrogens with zero attached hydrogens (tertiary/aromatic N) is 2. The van der Waals surface area contributed by atoms with Crippen LogP contribution in [0.3, 0.4) is 0 Å². The van der Waals surface area contributed by atoms with Crippen molar-refractivity contribution in [1.82, 2.24) is 10.1 Å². The van der Waals surface area contributed by atoms with E-state index in [-0.39, 0.29) is 12.3 Å². The van der Waals surface area contributed by atoms with Gasteiger partial charge in [0.1, 0.15) is 13.2 Å². The molecule has 0 N–H and O–H groups in total. The van der Waals surface area contributed by atoms with Crippen LogP contribution in [0.15, 0.2) is 71.3 Å². The highest BCUT2D eigenvalue weighted by molar-refractivity contribution is 5.85. The van der Waals surface area contributed by atoms with E-state index in [0.29, 0.717) is 62.1 Å². The molecule has 1 aromatic heterocycles. The molecule has 2 atom stereocenters. The Morgan fingerprint density at radius 1 is 1.00 bits per heavy atom. The van der Waals surface area contributed by atoms with Crippen LogP contribution in [0.4, 0.5) is 13.2 Å². The number of piperidine rings is 1. The number of ether oxygens (including phenoxy) is 3. The average molecular weight is 553 g/mol. The fraction of sp³-hybridized carbons (Fsp3) is 0.333. The van der Waals surface area contributed by atoms with Gasteiger partial charge in [0.2, 0.25) is 0 Å². The lowest BCUT2D eigenvalue weighted by atomic mass is 9.91. The third-order valence-corrected chi connectivity index (χ3v) is 7.45. The number of carbonyl (C=O) groups is 1. The Bertz CT molecular complexity index is 1510. The Hall–Kier alpha value is -4.05. The van der Waals surface area contributed by atoms with Crippen molar-refractivity contribution in [3.63, 3.8) is 0 Å². The lowest BCUT2D eigenvalue weighted by Crippen LogP contribution is -2.47. The lowest BCUT2D eigenvalue weighted by Gasteiger charge is -2.38. The number of fused-ring (bicyclic) bond motifs is 2. The molecule has 0 saturated carbocycles. The second-order valence-electron chi connectivity index (χ2n) is 9.98. The van der Waals surface area contributed by atoms with Crippen LogP contribution in [0.2, 0.25) is 0 Å². The van der Waals surface area contributed by atoms with Gasteiger partial charge in [-0.1, -0.05) is 47.6 Å². The maximum atomic E-state index is 13.1. The van der Waals surface area contributed by atoms with E-state index in [1.54, 1.807) is 12.1 Å². The topological polar surface area (TPSA) is 74.0 Å². The van der Waals surface area contributed by atoms with E-state index in [1.165, 1.54) is 0 Å². The molecule has 0 amide bonds. The zero-order chi connectivity index (χ0) is 27.7. The monoisotopic (exact) mass is 552 g/mol. The molecular formula is C30H27F3N2O5. The Kier molecular flexibility index (Phi) is 7.10. The smallest absolute Gasteiger partial charge is 0.486 e. The van der Waals surface area contributed by atoms with Crippen LogP contribution >= 0.6 is 0 Å². The number of hydrogen-bond acceptors (Lipinski definition) is 7. The summed E-state index contributed by atoms with van der Waals surface area (Å²) in [7, 11) is 0. The van der Waals surface area contributed by atoms with Gasteiger partial charge in [0.25, 0.3) is 0 Å². The van der Waals surface area contributed by atoms with Crippen molar-refractivity contribution >= 4 is 16.7 Å². The molecule has 2 aliphatic rings. The van der Waals surface area contributed by atoms with Crippen molar-refractivity contribution in [2.75, 3.05) is 26.3 Å². The third kappa shape index (κ3) is 5.49. The van der Waals surface area contributed by atoms with Gasteiger partial charge in [0.15, 0.2) is 23.5 Å². The summed E-state index contributed by atoms with van der Waals surface area (Å²) in [6.45, 7) is 1.82. The first-order chi connectivity index (χ1) is 19.3. The van der Waals surface area contributed by atoms with Crippen molar-refractivity contribution in [3.05, 3.63) is 78.0 Å². The van der Waals surface area contributed by atoms with Gasteiger partial charge in [-0.3, -0.25) is 4.90 Å². The van der Waals surface area contributed by atoms with Crippen molar-refractivity contribution in [1.29, 1.82) is 0 Å². The molecule has 40 heavy (non-hydrogen) atoms. The Labute approximate surface area is 228 Å². The van der Waals surface area contributed by atoms with Crippen molar-refractivity contribution in [2.24, 2.45) is 0 Å². The number of likely N-dealkylation sites (tertiary alicyclic amines) is 1. The van der Waals surface area contributed by atoms with Crippen molar-refractivity contribution < 1.29 is 36.7 Å². The summed E-state index contributed by atoms with van der Waals surface area (Å²) in [4.78, 5) is 13.7. The highest BCUT2D eigenvalue weighted by atomic mass is 19.4. The summed E-state index contributed by atoms with van der Waals surface area (Å²) in [5.74, 6) is -0.658. The van der Waals surface area contributed by atoms with Crippen molar-refractivity contribution in [2.45, 2.75) is 37.6 Å². The molecule has 3 heterocycles. The first-order valence-electron chi connectivity index (χ1n) is 13.2. The van der Waals surface area contributed by atoms with Crippen LogP contribution in [0, 0.1) is 0 Å². The number of aromatic nitrogens is 1. The first kappa shape index (κ1) is 26.2. The molecule has 0 spiro atoms. The molecule has 0 bridgehead atoms. The lowest BCUT2D eigenvalue weighted by molar-refractivity contribution is -0.215. The van der Waals surface area contributed by atoms with Gasteiger partial charge < -0.3 is 18.7 Å². The number of benzene rings is 3. The standard InChI is InChI=1S/C30H27F3N2O5/c31-30(32,33)29(36)39-28-17-21(11-13-35(28)12-10-20-6-3-5-19-4-1-2-7-23(19)20)24-18-26(40-34-24)22-8-9-25-27(16-22)38-15-14-37-25/h1-9,16,18,21,28H,10-15,17H2. The summed E-state index contributed by atoms with van der Waals surface area (Å²) in [6, 6.07) is 21.2. The molecule has 3 aromatic carbocycles. The second-order valence-corrected chi connectivity index (χ2v) is 9.98. The van der Waals surface area contributed by atoms with E-state index in [4.69, 9.17) is 18.7 Å². The third-order valence-electron chi connectivity index (χ3n) is 7.45. The van der Waals surface area contributed by atoms with E-state index in [2.05, 4.69) is 5.16 Å². The number of halogens is 3. The zero-order valence-electron chi connectivity index (χ0n) is 21.5. The molecule has 4 aromatic rings. The number of rotatable bonds is 6. The number of hydrogen-bond donors (Lipinski definition) is 0. The summed E-state index contributed by atoms with van der Waals surface area (Å²) in [5, 5.41) is 6.41. The highest BCUT2D eigenvalue weighted by Gasteiger charge is 2.44. The Morgan fingerprint density at radius 2 is 1.80 bits per heavy atom. The maximum Gasteiger partial charge on any atom is 0.490 e. The number of esters is 1. The van der Waals surface area contributed by atoms with Gasteiger partial charge in [-0.05, 0) is 47.4 Å². The van der Waals surface area contributed by atoms with E-state index in [9.17, 15) is 18.0 Å². The Balaban J connectivity index is 1.19. The Morgan fingerprint density at radius 3 is 2.65 bits per heavy atom. The highest BCUT2D eigenvalue weighted by Crippen LogP contribution is 2.38. The van der Waals surface area contributed by atoms with Crippen LogP contribution in [0.25, 0.3) is 22.1 Å². The molecule has 6 rings (SSSR count). The van der Waals surface area contributed by atoms with Gasteiger partial charge in [-0.2, -0.15) is 13.2 Å². The molecule has 2 aliphatic heterocycles. The maximum absolute atomic E-state index is 13.1. The van der Waals surface area contributed by atoms with Gasteiger partial charge >= 0.3 is 12.1 Å². The zero-order valence-corrected chi connectivity index (χ0v) is 21.5. The number of carbonyl (C=O) groups excluding carboxylic acids is 1. The summed E-state index contributed by atoms with van der Waals surface area (Å²) < 4.78 is 61.3. The van der Waals surface area contributed by atoms with E-state index < -0.39 is 18.4 Å². The van der Waals surface area contributed by atoms with E-state index in [1.807, 2.05) is 59.5 Å². The largest absolute Gasteiger partial charge is 0.490 e. The summed E-state index contributed by atoms with van der Waals surface area (Å²) in [5.41, 5.74) is 2.43. The number of alkyl halides is 3. The minimum Gasteiger partial charge on any atom is -0.486 e. The predicted octanol–water partition coefficient (Wildman–Crippen LogP) is 6.12. The molecule has 2 unspecified atom stereocenters. The minimum absolute atomic E-state index is 0.171. The van der Waals surface area contributed by atoms with E-state index in [0.717, 1.165) is 21.9 Å². The molecule has 0 radical (unpaired) electrons. The van der Waals surface area contributed by atoms with E-state index >= 15 is 0 Å². The molecule has 1 saturated heterocycles. The molecular weight excluding hydrogens is 525 g/mol. The molecule has 0 aliphatic carbocycles.